The number of carbonyl (C=O) groups excluding carboxylic acids is 1. The van der Waals surface area contributed by atoms with Crippen molar-refractivity contribution in [1.29, 1.82) is 0 Å². The molecule has 2 heterocycles. The van der Waals surface area contributed by atoms with E-state index in [1.54, 1.807) is 17.7 Å². The molecular formula is C14H14N6O2S. The van der Waals surface area contributed by atoms with Gasteiger partial charge in [-0.15, -0.1) is 5.10 Å². The molecule has 0 saturated heterocycles. The third-order valence-electron chi connectivity index (χ3n) is 2.91. The first-order valence-electron chi connectivity index (χ1n) is 6.83. The van der Waals surface area contributed by atoms with E-state index in [1.165, 1.54) is 11.8 Å². The molecule has 0 atom stereocenters. The molecular weight excluding hydrogens is 316 g/mol. The summed E-state index contributed by atoms with van der Waals surface area (Å²) >= 11 is 1.24. The zero-order chi connectivity index (χ0) is 16.2. The number of thioether (sulfide) groups is 1. The molecule has 1 aromatic carbocycles. The molecule has 0 fully saturated rings. The number of hydrogen-bond donors (Lipinski definition) is 1. The molecule has 0 bridgehead atoms. The van der Waals surface area contributed by atoms with E-state index in [1.807, 2.05) is 31.2 Å². The second-order valence-corrected chi connectivity index (χ2v) is 5.82. The fourth-order valence-electron chi connectivity index (χ4n) is 1.92. The molecule has 8 nitrogen and oxygen atoms in total. The zero-order valence-corrected chi connectivity index (χ0v) is 13.4. The number of anilines is 1. The standard InChI is InChI=1S/C14H14N6O2S/c1-9-4-3-5-11(6-9)20-14(16-18-19-20)23-8-12(21)15-13-7-10(2)17-22-13/h3-7H,8H2,1-2H3,(H,15,21). The molecule has 9 heteroatoms. The number of aromatic nitrogens is 5. The summed E-state index contributed by atoms with van der Waals surface area (Å²) in [4.78, 5) is 11.9. The summed E-state index contributed by atoms with van der Waals surface area (Å²) in [6.07, 6.45) is 0. The van der Waals surface area contributed by atoms with Gasteiger partial charge in [-0.2, -0.15) is 4.68 Å². The molecule has 0 saturated carbocycles. The number of aryl methyl sites for hydroxylation is 2. The minimum absolute atomic E-state index is 0.159. The predicted molar refractivity (Wildman–Crippen MR) is 84.5 cm³/mol. The van der Waals surface area contributed by atoms with E-state index in [0.717, 1.165) is 11.3 Å². The third kappa shape index (κ3) is 3.75. The SMILES string of the molecule is Cc1cccc(-n2nnnc2SCC(=O)Nc2cc(C)no2)c1. The first-order chi connectivity index (χ1) is 11.1. The summed E-state index contributed by atoms with van der Waals surface area (Å²) in [5, 5.41) is 18.5. The van der Waals surface area contributed by atoms with Gasteiger partial charge in [-0.25, -0.2) is 0 Å². The van der Waals surface area contributed by atoms with Gasteiger partial charge in [0.1, 0.15) is 0 Å². The Morgan fingerprint density at radius 1 is 1.35 bits per heavy atom. The van der Waals surface area contributed by atoms with Crippen LogP contribution in [0.5, 0.6) is 0 Å². The zero-order valence-electron chi connectivity index (χ0n) is 12.6. The fourth-order valence-corrected chi connectivity index (χ4v) is 2.61. The largest absolute Gasteiger partial charge is 0.338 e. The van der Waals surface area contributed by atoms with E-state index >= 15 is 0 Å². The summed E-state index contributed by atoms with van der Waals surface area (Å²) < 4.78 is 6.54. The molecule has 1 amide bonds. The van der Waals surface area contributed by atoms with E-state index in [-0.39, 0.29) is 11.7 Å². The highest BCUT2D eigenvalue weighted by Crippen LogP contribution is 2.19. The van der Waals surface area contributed by atoms with Crippen molar-refractivity contribution in [3.05, 3.63) is 41.6 Å². The number of nitrogens with one attached hydrogen (secondary N) is 1. The van der Waals surface area contributed by atoms with Gasteiger partial charge >= 0.3 is 0 Å². The van der Waals surface area contributed by atoms with Crippen LogP contribution in [0.25, 0.3) is 5.69 Å². The highest BCUT2D eigenvalue weighted by Gasteiger charge is 2.13. The Kier molecular flexibility index (Phi) is 4.38. The molecule has 1 N–H and O–H groups in total. The molecule has 0 aliphatic rings. The Morgan fingerprint density at radius 2 is 2.22 bits per heavy atom. The maximum absolute atomic E-state index is 11.9. The summed E-state index contributed by atoms with van der Waals surface area (Å²) in [5.41, 5.74) is 2.66. The lowest BCUT2D eigenvalue weighted by Gasteiger charge is -2.05. The second kappa shape index (κ2) is 6.61. The molecule has 0 radical (unpaired) electrons. The first-order valence-corrected chi connectivity index (χ1v) is 7.82. The Balaban J connectivity index is 1.65. The van der Waals surface area contributed by atoms with Crippen molar-refractivity contribution in [3.63, 3.8) is 0 Å². The van der Waals surface area contributed by atoms with Gasteiger partial charge in [0.05, 0.1) is 17.1 Å². The summed E-state index contributed by atoms with van der Waals surface area (Å²) in [6, 6.07) is 9.45. The molecule has 3 rings (SSSR count). The Morgan fingerprint density at radius 3 is 2.96 bits per heavy atom. The number of amides is 1. The number of tetrazole rings is 1. The molecule has 23 heavy (non-hydrogen) atoms. The monoisotopic (exact) mass is 330 g/mol. The highest BCUT2D eigenvalue weighted by molar-refractivity contribution is 7.99. The van der Waals surface area contributed by atoms with E-state index in [9.17, 15) is 4.79 Å². The predicted octanol–water partition coefficient (Wildman–Crippen LogP) is 2.00. The minimum atomic E-state index is -0.218. The van der Waals surface area contributed by atoms with Crippen molar-refractivity contribution in [2.45, 2.75) is 19.0 Å². The minimum Gasteiger partial charge on any atom is -0.338 e. The number of carbonyl (C=O) groups is 1. The molecule has 118 valence electrons. The van der Waals surface area contributed by atoms with Crippen LogP contribution in [0.15, 0.2) is 40.0 Å². The van der Waals surface area contributed by atoms with Gasteiger partial charge in [-0.05, 0) is 42.0 Å². The molecule has 0 unspecified atom stereocenters. The van der Waals surface area contributed by atoms with Crippen LogP contribution in [0.1, 0.15) is 11.3 Å². The maximum Gasteiger partial charge on any atom is 0.237 e. The smallest absolute Gasteiger partial charge is 0.237 e. The number of rotatable bonds is 5. The van der Waals surface area contributed by atoms with Crippen molar-refractivity contribution in [2.24, 2.45) is 0 Å². The number of nitrogens with zero attached hydrogens (tertiary/aromatic N) is 5. The van der Waals surface area contributed by atoms with E-state index in [0.29, 0.717) is 16.7 Å². The van der Waals surface area contributed by atoms with Crippen LogP contribution in [-0.2, 0) is 4.79 Å². The van der Waals surface area contributed by atoms with Crippen LogP contribution in [0.4, 0.5) is 5.88 Å². The van der Waals surface area contributed by atoms with Crippen molar-refractivity contribution >= 4 is 23.6 Å². The number of benzene rings is 1. The van der Waals surface area contributed by atoms with Crippen LogP contribution in [0.3, 0.4) is 0 Å². The van der Waals surface area contributed by atoms with E-state index in [2.05, 4.69) is 26.0 Å². The van der Waals surface area contributed by atoms with Gasteiger partial charge in [-0.3, -0.25) is 10.1 Å². The summed E-state index contributed by atoms with van der Waals surface area (Å²) in [6.45, 7) is 3.78. The average Bonchev–Trinajstić information content (AvgIpc) is 3.14. The van der Waals surface area contributed by atoms with E-state index < -0.39 is 0 Å². The van der Waals surface area contributed by atoms with Gasteiger partial charge in [0, 0.05) is 6.07 Å². The van der Waals surface area contributed by atoms with Gasteiger partial charge in [0.25, 0.3) is 0 Å². The van der Waals surface area contributed by atoms with Gasteiger partial charge in [0.2, 0.25) is 16.9 Å². The van der Waals surface area contributed by atoms with Gasteiger partial charge in [0.15, 0.2) is 0 Å². The van der Waals surface area contributed by atoms with Crippen molar-refractivity contribution in [3.8, 4) is 5.69 Å². The lowest BCUT2D eigenvalue weighted by atomic mass is 10.2. The van der Waals surface area contributed by atoms with Crippen LogP contribution in [0.2, 0.25) is 0 Å². The Labute approximate surface area is 136 Å². The fraction of sp³-hybridized carbons (Fsp3) is 0.214. The summed E-state index contributed by atoms with van der Waals surface area (Å²) in [7, 11) is 0. The van der Waals surface area contributed by atoms with Gasteiger partial charge in [-0.1, -0.05) is 29.1 Å². The first kappa shape index (κ1) is 15.2. The van der Waals surface area contributed by atoms with Crippen molar-refractivity contribution < 1.29 is 9.32 Å². The molecule has 3 aromatic rings. The van der Waals surface area contributed by atoms with Crippen LogP contribution >= 0.6 is 11.8 Å². The average molecular weight is 330 g/mol. The molecule has 0 aliphatic carbocycles. The van der Waals surface area contributed by atoms with E-state index in [4.69, 9.17) is 4.52 Å². The molecule has 0 spiro atoms. The quantitative estimate of drug-likeness (QED) is 0.714. The third-order valence-corrected chi connectivity index (χ3v) is 3.83. The normalized spacial score (nSPS) is 10.7. The lowest BCUT2D eigenvalue weighted by molar-refractivity contribution is -0.113. The Hall–Kier alpha value is -2.68. The van der Waals surface area contributed by atoms with Crippen molar-refractivity contribution in [1.82, 2.24) is 25.4 Å². The van der Waals surface area contributed by atoms with Crippen LogP contribution in [0, 0.1) is 13.8 Å². The van der Waals surface area contributed by atoms with Crippen molar-refractivity contribution in [2.75, 3.05) is 11.1 Å². The maximum atomic E-state index is 11.9. The lowest BCUT2D eigenvalue weighted by Crippen LogP contribution is -2.14. The highest BCUT2D eigenvalue weighted by atomic mass is 32.2. The molecule has 0 aliphatic heterocycles. The van der Waals surface area contributed by atoms with Crippen LogP contribution < -0.4 is 5.32 Å². The van der Waals surface area contributed by atoms with Gasteiger partial charge < -0.3 is 4.52 Å². The van der Waals surface area contributed by atoms with Crippen LogP contribution in [-0.4, -0.2) is 37.0 Å². The Bertz CT molecular complexity index is 828. The number of hydrogen-bond acceptors (Lipinski definition) is 7. The second-order valence-electron chi connectivity index (χ2n) is 4.88. The molecule has 2 aromatic heterocycles. The topological polar surface area (TPSA) is 98.7 Å². The summed E-state index contributed by atoms with van der Waals surface area (Å²) in [5.74, 6) is 0.266.